The molecule has 8 N–H and O–H groups in total. The minimum atomic E-state index is -1.14. The fourth-order valence-electron chi connectivity index (χ4n) is 12.4. The lowest BCUT2D eigenvalue weighted by Gasteiger charge is -2.58. The molecule has 8 aliphatic heterocycles. The van der Waals surface area contributed by atoms with E-state index >= 15 is 0 Å². The first-order chi connectivity index (χ1) is 26.7. The zero-order chi connectivity index (χ0) is 39.2. The summed E-state index contributed by atoms with van der Waals surface area (Å²) in [5.41, 5.74) is 1.76. The molecule has 10 fully saturated rings. The van der Waals surface area contributed by atoms with Crippen LogP contribution >= 0.6 is 47.0 Å². The van der Waals surface area contributed by atoms with E-state index in [0.717, 1.165) is 11.1 Å². The molecular weight excluding hydrogens is 833 g/mol. The minimum Gasteiger partial charge on any atom is -0.412 e. The largest absolute Gasteiger partial charge is 0.412 e. The molecule has 0 radical (unpaired) electrons. The van der Waals surface area contributed by atoms with Crippen molar-refractivity contribution in [2.45, 2.75) is 117 Å². The molecule has 0 aromatic carbocycles. The van der Waals surface area contributed by atoms with Crippen LogP contribution in [0.3, 0.4) is 0 Å². The Balaban J connectivity index is 0.000000145. The monoisotopic (exact) mass is 876 g/mol. The third-order valence-corrected chi connectivity index (χ3v) is 20.5. The highest BCUT2D eigenvalue weighted by Gasteiger charge is 2.79. The second-order valence-electron chi connectivity index (χ2n) is 17.0. The lowest BCUT2D eigenvalue weighted by atomic mass is 9.81. The van der Waals surface area contributed by atoms with Crippen LogP contribution in [0.1, 0.15) is 38.5 Å². The number of allylic oxidation sites excluding steroid dienone is 4. The van der Waals surface area contributed by atoms with Gasteiger partial charge in [-0.3, -0.25) is 28.8 Å². The molecule has 8 heterocycles. The smallest absolute Gasteiger partial charge is 0.261 e. The predicted octanol–water partition coefficient (Wildman–Crippen LogP) is -1.89. The van der Waals surface area contributed by atoms with Crippen molar-refractivity contribution in [3.63, 3.8) is 0 Å². The molecule has 312 valence electrons. The average molecular weight is 877 g/mol. The summed E-state index contributed by atoms with van der Waals surface area (Å²) in [5, 5.41) is 42.2. The first-order valence-corrected chi connectivity index (χ1v) is 23.3. The number of piperazine rings is 2. The Morgan fingerprint density at radius 2 is 0.983 bits per heavy atom. The van der Waals surface area contributed by atoms with E-state index in [4.69, 9.17) is 0 Å². The van der Waals surface area contributed by atoms with Crippen molar-refractivity contribution in [2.75, 3.05) is 12.5 Å². The van der Waals surface area contributed by atoms with Crippen LogP contribution in [0.2, 0.25) is 0 Å². The van der Waals surface area contributed by atoms with Gasteiger partial charge in [-0.2, -0.15) is 0 Å². The van der Waals surface area contributed by atoms with Crippen molar-refractivity contribution >= 4 is 82.2 Å². The summed E-state index contributed by atoms with van der Waals surface area (Å²) in [6.45, 7) is 0. The Morgan fingerprint density at radius 1 is 0.603 bits per heavy atom. The van der Waals surface area contributed by atoms with Gasteiger partial charge in [0.15, 0.2) is 19.5 Å². The molecule has 6 bridgehead atoms. The van der Waals surface area contributed by atoms with Crippen LogP contribution in [0.25, 0.3) is 0 Å². The highest BCUT2D eigenvalue weighted by Crippen LogP contribution is 2.66. The average Bonchev–Trinajstić information content (AvgIpc) is 3.83. The fraction of sp³-hybridized carbons (Fsp3) is 0.632. The lowest BCUT2D eigenvalue weighted by Crippen LogP contribution is -2.77. The van der Waals surface area contributed by atoms with Gasteiger partial charge in [0.05, 0.1) is 48.6 Å². The number of carbonyl (C=O) groups excluding carboxylic acids is 6. The number of Topliss-reactive ketones (excluding diaryl/α,β-unsaturated/α-hetero) is 2. The number of aliphatic hydroxyl groups excluding tert-OH is 4. The van der Waals surface area contributed by atoms with Crippen molar-refractivity contribution < 1.29 is 60.1 Å². The van der Waals surface area contributed by atoms with E-state index in [-0.39, 0.29) is 82.3 Å². The number of carbonyl (C=O) groups is 6. The number of rotatable bonds is 2. The molecule has 0 aromatic heterocycles. The van der Waals surface area contributed by atoms with Crippen LogP contribution in [0.15, 0.2) is 47.6 Å². The van der Waals surface area contributed by atoms with Gasteiger partial charge in [0, 0.05) is 60.9 Å². The molecule has 12 rings (SSSR count). The number of amides is 4. The van der Waals surface area contributed by atoms with Crippen molar-refractivity contribution in [2.24, 2.45) is 11.8 Å². The summed E-state index contributed by atoms with van der Waals surface area (Å²) in [5.74, 6) is -1.72. The number of fused-ring (bicyclic) bond motifs is 8. The Hall–Kier alpha value is -2.66. The van der Waals surface area contributed by atoms with Gasteiger partial charge in [0.1, 0.15) is 11.6 Å². The highest BCUT2D eigenvalue weighted by atomic mass is 32.2. The molecule has 12 aliphatic rings. The first-order valence-electron chi connectivity index (χ1n) is 19.0. The molecule has 0 unspecified atom stereocenters. The maximum absolute atomic E-state index is 14.0. The molecule has 4 aliphatic carbocycles. The maximum Gasteiger partial charge on any atom is 0.261 e. The highest BCUT2D eigenvalue weighted by molar-refractivity contribution is 8.03. The Labute approximate surface area is 349 Å². The third kappa shape index (κ3) is 4.44. The molecule has 2 saturated carbocycles. The molecular formula is C38H44N4O12S4. The van der Waals surface area contributed by atoms with Crippen molar-refractivity contribution in [3.05, 3.63) is 47.6 Å². The van der Waals surface area contributed by atoms with Gasteiger partial charge >= 0.3 is 0 Å². The standard InChI is InChI=1S/2C19H20N2O5S2.2H2O/c2*1-27-18-6-8-3-2-4-10(22)13(8)20(18)17(26)19-7-9-11(23)5-12(28-19)15(24)14(9)21(19)16(18)25;;/h2*2-4,9-10,12-15,22,24H,5-7H2,1H3;2*1H2/t2*9-,10-,12+,13-,14-,15-,18+,19+;;/m00../s1. The van der Waals surface area contributed by atoms with Gasteiger partial charge in [-0.25, -0.2) is 0 Å². The molecule has 8 saturated heterocycles. The third-order valence-electron chi connectivity index (χ3n) is 14.7. The molecule has 0 aromatic rings. The second-order valence-corrected chi connectivity index (χ2v) is 22.2. The van der Waals surface area contributed by atoms with E-state index in [0.29, 0.717) is 12.8 Å². The summed E-state index contributed by atoms with van der Waals surface area (Å²) < 4.78 is 0. The topological polar surface area (TPSA) is 259 Å². The van der Waals surface area contributed by atoms with E-state index in [1.54, 1.807) is 56.4 Å². The summed E-state index contributed by atoms with van der Waals surface area (Å²) in [6.07, 6.45) is 12.7. The number of aliphatic hydroxyl groups is 4. The van der Waals surface area contributed by atoms with E-state index < -0.39 is 79.9 Å². The Bertz CT molecular complexity index is 1960. The quantitative estimate of drug-likeness (QED) is 0.237. The van der Waals surface area contributed by atoms with Crippen LogP contribution in [0.4, 0.5) is 0 Å². The Morgan fingerprint density at radius 3 is 1.34 bits per heavy atom. The molecule has 4 amide bonds. The van der Waals surface area contributed by atoms with Crippen molar-refractivity contribution in [1.29, 1.82) is 0 Å². The van der Waals surface area contributed by atoms with Crippen molar-refractivity contribution in [1.82, 2.24) is 19.6 Å². The van der Waals surface area contributed by atoms with Crippen LogP contribution in [0.5, 0.6) is 0 Å². The van der Waals surface area contributed by atoms with Gasteiger partial charge in [0.25, 0.3) is 23.6 Å². The molecule has 58 heavy (non-hydrogen) atoms. The van der Waals surface area contributed by atoms with Gasteiger partial charge in [0.2, 0.25) is 0 Å². The second kappa shape index (κ2) is 12.9. The molecule has 0 spiro atoms. The molecule has 16 nitrogen and oxygen atoms in total. The number of ketones is 2. The SMILES string of the molecule is CS[C@@]12CC3=CC=C[C@H](O)[C@H]3N1C(=O)[C@@]13C[C@H]4C(=O)C[C@@H](S1)[C@H](O)[C@H]4N3C2=O.CS[C@@]12CC3=CC=C[C@H](O)[C@H]3N1C(=O)[C@@]13C[C@H]4C(=O)C[C@@H](S1)[C@H](O)[C@H]4N3C2=O.O.O. The van der Waals surface area contributed by atoms with Gasteiger partial charge in [-0.15, -0.1) is 47.0 Å². The summed E-state index contributed by atoms with van der Waals surface area (Å²) in [6, 6.07) is -2.33. The lowest BCUT2D eigenvalue weighted by molar-refractivity contribution is -0.170. The van der Waals surface area contributed by atoms with Gasteiger partial charge < -0.3 is 51.0 Å². The van der Waals surface area contributed by atoms with Crippen LogP contribution in [-0.4, -0.2) is 177 Å². The fourth-order valence-corrected chi connectivity index (χ4v) is 18.1. The molecule has 16 atom stereocenters. The summed E-state index contributed by atoms with van der Waals surface area (Å²) >= 11 is 5.18. The molecule has 20 heteroatoms. The van der Waals surface area contributed by atoms with Crippen LogP contribution < -0.4 is 0 Å². The Kier molecular flexibility index (Phi) is 9.08. The van der Waals surface area contributed by atoms with E-state index in [1.807, 2.05) is 12.2 Å². The van der Waals surface area contributed by atoms with Crippen LogP contribution in [0, 0.1) is 11.8 Å². The van der Waals surface area contributed by atoms with Gasteiger partial charge in [-0.05, 0) is 23.7 Å². The van der Waals surface area contributed by atoms with Crippen molar-refractivity contribution in [3.8, 4) is 0 Å². The predicted molar refractivity (Wildman–Crippen MR) is 214 cm³/mol. The minimum absolute atomic E-state index is 0. The number of thioether (sulfide) groups is 4. The zero-order valence-corrected chi connectivity index (χ0v) is 34.6. The maximum atomic E-state index is 14.0. The van der Waals surface area contributed by atoms with Gasteiger partial charge in [-0.1, -0.05) is 36.5 Å². The number of nitrogens with zero attached hydrogens (tertiary/aromatic N) is 4. The number of hydrogen-bond donors (Lipinski definition) is 4. The summed E-state index contributed by atoms with van der Waals surface area (Å²) in [7, 11) is 0. The van der Waals surface area contributed by atoms with E-state index in [1.165, 1.54) is 47.0 Å². The zero-order valence-electron chi connectivity index (χ0n) is 31.3. The first kappa shape index (κ1) is 40.7. The van der Waals surface area contributed by atoms with Crippen LogP contribution in [-0.2, 0) is 28.8 Å². The summed E-state index contributed by atoms with van der Waals surface area (Å²) in [4.78, 5) is 82.9. The number of hydrogen-bond acceptors (Lipinski definition) is 14. The van der Waals surface area contributed by atoms with E-state index in [2.05, 4.69) is 0 Å². The normalized spacial score (nSPS) is 48.9. The van der Waals surface area contributed by atoms with E-state index in [9.17, 15) is 49.2 Å².